The number of benzene rings is 1. The Balaban J connectivity index is 0. The number of carboxylic acids is 2. The number of carbonyl (C=O) groups is 2. The van der Waals surface area contributed by atoms with Crippen LogP contribution in [0.5, 0.6) is 0 Å². The summed E-state index contributed by atoms with van der Waals surface area (Å²) in [5.74, 6) is -2.46. The molecular weight excluding hydrogens is 302 g/mol. The Bertz CT molecular complexity index is 307. The molecule has 1 rings (SSSR count). The number of carboxylic acid groups (broad SMARTS) is 2. The maximum atomic E-state index is 10.5. The molecule has 0 amide bonds. The maximum absolute atomic E-state index is 10.5. The summed E-state index contributed by atoms with van der Waals surface area (Å²) in [7, 11) is 0. The second-order valence-electron chi connectivity index (χ2n) is 2.16. The van der Waals surface area contributed by atoms with Gasteiger partial charge in [0.05, 0.1) is 11.1 Å². The molecule has 0 aromatic heterocycles. The SMILES string of the molecule is Cl.O=C(O)c1ccccc1C(=O)O.[Pd]. The number of halogens is 1. The van der Waals surface area contributed by atoms with E-state index in [0.29, 0.717) is 0 Å². The number of hydrogen-bond acceptors (Lipinski definition) is 2. The van der Waals surface area contributed by atoms with E-state index in [0.717, 1.165) is 0 Å². The molecule has 1 aromatic rings. The first kappa shape index (κ1) is 15.6. The Labute approximate surface area is 100 Å². The van der Waals surface area contributed by atoms with Crippen molar-refractivity contribution in [1.82, 2.24) is 0 Å². The standard InChI is InChI=1S/C8H6O4.ClH.Pd/c9-7(10)5-3-1-2-4-6(5)8(11)12;;/h1-4H,(H,9,10)(H,11,12);1H;. The summed E-state index contributed by atoms with van der Waals surface area (Å²) in [6.07, 6.45) is 0. The fourth-order valence-corrected chi connectivity index (χ4v) is 0.856. The predicted molar refractivity (Wildman–Crippen MR) is 47.6 cm³/mol. The fraction of sp³-hybridized carbons (Fsp3) is 0. The molecule has 0 aliphatic rings. The van der Waals surface area contributed by atoms with Crippen LogP contribution < -0.4 is 0 Å². The molecule has 0 atom stereocenters. The summed E-state index contributed by atoms with van der Waals surface area (Å²) in [4.78, 5) is 20.9. The molecule has 0 bridgehead atoms. The molecule has 1 aromatic carbocycles. The van der Waals surface area contributed by atoms with Gasteiger partial charge < -0.3 is 10.2 Å². The van der Waals surface area contributed by atoms with Crippen LogP contribution in [0.25, 0.3) is 0 Å². The van der Waals surface area contributed by atoms with Crippen LogP contribution in [0.4, 0.5) is 0 Å². The molecule has 0 aliphatic heterocycles. The maximum Gasteiger partial charge on any atom is 0.336 e. The van der Waals surface area contributed by atoms with Crippen LogP contribution in [0, 0.1) is 0 Å². The van der Waals surface area contributed by atoms with E-state index in [1.165, 1.54) is 24.3 Å². The van der Waals surface area contributed by atoms with E-state index < -0.39 is 11.9 Å². The normalized spacial score (nSPS) is 8.00. The smallest absolute Gasteiger partial charge is 0.336 e. The summed E-state index contributed by atoms with van der Waals surface area (Å²) in [5, 5.41) is 17.1. The predicted octanol–water partition coefficient (Wildman–Crippen LogP) is 1.50. The van der Waals surface area contributed by atoms with Gasteiger partial charge in [-0.15, -0.1) is 12.4 Å². The first-order chi connectivity index (χ1) is 5.63. The molecule has 0 fully saturated rings. The first-order valence-corrected chi connectivity index (χ1v) is 3.18. The third-order valence-electron chi connectivity index (χ3n) is 1.39. The average molecular weight is 309 g/mol. The number of hydrogen-bond donors (Lipinski definition) is 2. The zero-order valence-electron chi connectivity index (χ0n) is 6.74. The summed E-state index contributed by atoms with van der Waals surface area (Å²) < 4.78 is 0. The van der Waals surface area contributed by atoms with Crippen LogP contribution in [-0.4, -0.2) is 22.2 Å². The average Bonchev–Trinajstić information content (AvgIpc) is 2.04. The third kappa shape index (κ3) is 3.46. The van der Waals surface area contributed by atoms with Crippen molar-refractivity contribution in [3.05, 3.63) is 35.4 Å². The van der Waals surface area contributed by atoms with Crippen molar-refractivity contribution >= 4 is 24.3 Å². The Morgan fingerprint density at radius 1 is 0.929 bits per heavy atom. The second kappa shape index (κ2) is 6.55. The molecule has 0 saturated carbocycles. The van der Waals surface area contributed by atoms with Crippen LogP contribution in [0.2, 0.25) is 0 Å². The van der Waals surface area contributed by atoms with Crippen molar-refractivity contribution in [1.29, 1.82) is 0 Å². The van der Waals surface area contributed by atoms with Crippen molar-refractivity contribution < 1.29 is 40.2 Å². The van der Waals surface area contributed by atoms with Gasteiger partial charge in [0, 0.05) is 20.4 Å². The molecule has 0 spiro atoms. The minimum atomic E-state index is -1.23. The van der Waals surface area contributed by atoms with Crippen LogP contribution in [0.15, 0.2) is 24.3 Å². The van der Waals surface area contributed by atoms with E-state index in [1.807, 2.05) is 0 Å². The summed E-state index contributed by atoms with van der Waals surface area (Å²) in [5.41, 5.74) is -0.380. The van der Waals surface area contributed by atoms with Crippen LogP contribution in [0.1, 0.15) is 20.7 Å². The minimum Gasteiger partial charge on any atom is -0.478 e. The quantitative estimate of drug-likeness (QED) is 0.812. The molecule has 14 heavy (non-hydrogen) atoms. The Morgan fingerprint density at radius 3 is 1.43 bits per heavy atom. The minimum absolute atomic E-state index is 0. The van der Waals surface area contributed by atoms with Gasteiger partial charge in [-0.2, -0.15) is 0 Å². The van der Waals surface area contributed by atoms with Gasteiger partial charge in [0.25, 0.3) is 0 Å². The first-order valence-electron chi connectivity index (χ1n) is 3.18. The Kier molecular flexibility index (Phi) is 7.29. The zero-order valence-corrected chi connectivity index (χ0v) is 9.12. The molecule has 6 heteroatoms. The third-order valence-corrected chi connectivity index (χ3v) is 1.39. The van der Waals surface area contributed by atoms with Gasteiger partial charge in [0.1, 0.15) is 0 Å². The molecule has 0 radical (unpaired) electrons. The summed E-state index contributed by atoms with van der Waals surface area (Å²) in [6.45, 7) is 0. The molecule has 80 valence electrons. The monoisotopic (exact) mass is 308 g/mol. The van der Waals surface area contributed by atoms with E-state index in [2.05, 4.69) is 0 Å². The van der Waals surface area contributed by atoms with Gasteiger partial charge in [-0.3, -0.25) is 0 Å². The van der Waals surface area contributed by atoms with Crippen molar-refractivity contribution in [2.45, 2.75) is 0 Å². The molecular formula is C8H7ClO4Pd. The Morgan fingerprint density at radius 2 is 1.21 bits per heavy atom. The number of aromatic carboxylic acids is 2. The van der Waals surface area contributed by atoms with Crippen LogP contribution in [0.3, 0.4) is 0 Å². The van der Waals surface area contributed by atoms with Gasteiger partial charge in [-0.1, -0.05) is 12.1 Å². The van der Waals surface area contributed by atoms with Gasteiger partial charge in [0.2, 0.25) is 0 Å². The molecule has 0 unspecified atom stereocenters. The molecule has 0 saturated heterocycles. The number of rotatable bonds is 2. The summed E-state index contributed by atoms with van der Waals surface area (Å²) in [6, 6.07) is 5.48. The van der Waals surface area contributed by atoms with Crippen molar-refractivity contribution in [3.63, 3.8) is 0 Å². The van der Waals surface area contributed by atoms with E-state index in [-0.39, 0.29) is 44.0 Å². The van der Waals surface area contributed by atoms with E-state index in [9.17, 15) is 9.59 Å². The van der Waals surface area contributed by atoms with Gasteiger partial charge in [-0.05, 0) is 12.1 Å². The van der Waals surface area contributed by atoms with Crippen molar-refractivity contribution in [2.75, 3.05) is 0 Å². The second-order valence-corrected chi connectivity index (χ2v) is 2.16. The molecule has 2 N–H and O–H groups in total. The zero-order chi connectivity index (χ0) is 9.14. The van der Waals surface area contributed by atoms with Gasteiger partial charge in [-0.25, -0.2) is 9.59 Å². The largest absolute Gasteiger partial charge is 0.478 e. The Hall–Kier alpha value is -0.888. The van der Waals surface area contributed by atoms with Crippen LogP contribution >= 0.6 is 12.4 Å². The topological polar surface area (TPSA) is 74.6 Å². The van der Waals surface area contributed by atoms with Gasteiger partial charge in [0.15, 0.2) is 0 Å². The molecule has 0 heterocycles. The summed E-state index contributed by atoms with van der Waals surface area (Å²) >= 11 is 0. The van der Waals surface area contributed by atoms with E-state index >= 15 is 0 Å². The molecule has 4 nitrogen and oxygen atoms in total. The van der Waals surface area contributed by atoms with Crippen molar-refractivity contribution in [2.24, 2.45) is 0 Å². The fourth-order valence-electron chi connectivity index (χ4n) is 0.856. The van der Waals surface area contributed by atoms with E-state index in [1.54, 1.807) is 0 Å². The van der Waals surface area contributed by atoms with Gasteiger partial charge >= 0.3 is 11.9 Å². The van der Waals surface area contributed by atoms with Crippen LogP contribution in [-0.2, 0) is 20.4 Å². The molecule has 0 aliphatic carbocycles. The van der Waals surface area contributed by atoms with Crippen molar-refractivity contribution in [3.8, 4) is 0 Å². The van der Waals surface area contributed by atoms with E-state index in [4.69, 9.17) is 10.2 Å².